The van der Waals surface area contributed by atoms with E-state index in [0.29, 0.717) is 11.9 Å². The zero-order valence-electron chi connectivity index (χ0n) is 10.1. The van der Waals surface area contributed by atoms with Crippen LogP contribution in [-0.4, -0.2) is 12.6 Å². The molecule has 0 aliphatic carbocycles. The predicted octanol–water partition coefficient (Wildman–Crippen LogP) is 4.70. The second kappa shape index (κ2) is 6.36. The number of alkyl halides is 1. The Morgan fingerprint density at radius 2 is 2.00 bits per heavy atom. The maximum Gasteiger partial charge on any atom is 0.0494 e. The fourth-order valence-electron chi connectivity index (χ4n) is 1.82. The number of anilines is 1. The van der Waals surface area contributed by atoms with Crippen LogP contribution in [0.1, 0.15) is 32.8 Å². The largest absolute Gasteiger partial charge is 0.369 e. The van der Waals surface area contributed by atoms with Gasteiger partial charge in [0.1, 0.15) is 0 Å². The molecule has 0 atom stereocenters. The third-order valence-electron chi connectivity index (χ3n) is 2.59. The van der Waals surface area contributed by atoms with Gasteiger partial charge in [-0.3, -0.25) is 0 Å². The van der Waals surface area contributed by atoms with Crippen LogP contribution in [0.4, 0.5) is 5.69 Å². The lowest BCUT2D eigenvalue weighted by Crippen LogP contribution is -2.32. The van der Waals surface area contributed by atoms with E-state index < -0.39 is 0 Å². The van der Waals surface area contributed by atoms with Gasteiger partial charge in [0, 0.05) is 29.2 Å². The Balaban J connectivity index is 3.10. The molecular formula is C13H19Cl2N. The Bertz CT molecular complexity index is 337. The first-order valence-corrected chi connectivity index (χ1v) is 6.62. The molecule has 1 rings (SSSR count). The predicted molar refractivity (Wildman–Crippen MR) is 73.8 cm³/mol. The number of hydrogen-bond donors (Lipinski definition) is 0. The summed E-state index contributed by atoms with van der Waals surface area (Å²) in [5, 5.41) is 0.769. The second-order valence-corrected chi connectivity index (χ2v) is 4.90. The summed E-state index contributed by atoms with van der Waals surface area (Å²) in [5.41, 5.74) is 2.31. The van der Waals surface area contributed by atoms with Crippen LogP contribution in [0.3, 0.4) is 0 Å². The van der Waals surface area contributed by atoms with E-state index in [4.69, 9.17) is 23.2 Å². The van der Waals surface area contributed by atoms with E-state index in [2.05, 4.69) is 25.7 Å². The van der Waals surface area contributed by atoms with Crippen LogP contribution in [0.25, 0.3) is 0 Å². The van der Waals surface area contributed by atoms with Gasteiger partial charge in [-0.15, -0.1) is 11.6 Å². The van der Waals surface area contributed by atoms with Gasteiger partial charge in [-0.05, 0) is 38.0 Å². The fraction of sp³-hybridized carbons (Fsp3) is 0.538. The smallest absolute Gasteiger partial charge is 0.0494 e. The minimum atomic E-state index is 0.459. The first-order chi connectivity index (χ1) is 7.60. The molecule has 0 saturated carbocycles. The lowest BCUT2D eigenvalue weighted by atomic mass is 10.1. The maximum absolute atomic E-state index is 6.05. The van der Waals surface area contributed by atoms with E-state index in [9.17, 15) is 0 Å². The molecule has 0 radical (unpaired) electrons. The zero-order valence-corrected chi connectivity index (χ0v) is 11.6. The van der Waals surface area contributed by atoms with Gasteiger partial charge >= 0.3 is 0 Å². The number of hydrogen-bond acceptors (Lipinski definition) is 1. The molecule has 90 valence electrons. The molecule has 0 fully saturated rings. The van der Waals surface area contributed by atoms with Crippen LogP contribution in [-0.2, 0) is 5.88 Å². The molecule has 0 aliphatic rings. The quantitative estimate of drug-likeness (QED) is 0.693. The summed E-state index contributed by atoms with van der Waals surface area (Å²) >= 11 is 12.0. The van der Waals surface area contributed by atoms with Crippen molar-refractivity contribution < 1.29 is 0 Å². The Morgan fingerprint density at radius 3 is 2.50 bits per heavy atom. The van der Waals surface area contributed by atoms with E-state index in [1.54, 1.807) is 0 Å². The van der Waals surface area contributed by atoms with Gasteiger partial charge in [-0.1, -0.05) is 24.6 Å². The van der Waals surface area contributed by atoms with E-state index in [1.807, 2.05) is 18.2 Å². The van der Waals surface area contributed by atoms with Gasteiger partial charge in [0.2, 0.25) is 0 Å². The van der Waals surface area contributed by atoms with Crippen LogP contribution in [0.15, 0.2) is 18.2 Å². The topological polar surface area (TPSA) is 3.24 Å². The number of benzene rings is 1. The minimum absolute atomic E-state index is 0.459. The number of nitrogens with zero attached hydrogens (tertiary/aromatic N) is 1. The summed E-state index contributed by atoms with van der Waals surface area (Å²) in [6.45, 7) is 7.59. The highest BCUT2D eigenvalue weighted by atomic mass is 35.5. The molecule has 0 aliphatic heterocycles. The van der Waals surface area contributed by atoms with Crippen molar-refractivity contribution in [2.24, 2.45) is 0 Å². The van der Waals surface area contributed by atoms with Gasteiger partial charge in [0.15, 0.2) is 0 Å². The Kier molecular flexibility index (Phi) is 5.43. The molecular weight excluding hydrogens is 241 g/mol. The average molecular weight is 260 g/mol. The molecule has 0 aromatic heterocycles. The van der Waals surface area contributed by atoms with Crippen LogP contribution < -0.4 is 4.90 Å². The molecule has 0 heterocycles. The van der Waals surface area contributed by atoms with Crippen molar-refractivity contribution in [3.8, 4) is 0 Å². The molecule has 0 N–H and O–H groups in total. The van der Waals surface area contributed by atoms with Crippen LogP contribution in [0.2, 0.25) is 5.02 Å². The highest BCUT2D eigenvalue weighted by molar-refractivity contribution is 6.31. The first-order valence-electron chi connectivity index (χ1n) is 5.71. The van der Waals surface area contributed by atoms with E-state index in [-0.39, 0.29) is 0 Å². The van der Waals surface area contributed by atoms with Crippen LogP contribution >= 0.6 is 23.2 Å². The van der Waals surface area contributed by atoms with Crippen molar-refractivity contribution in [1.82, 2.24) is 0 Å². The monoisotopic (exact) mass is 259 g/mol. The van der Waals surface area contributed by atoms with Gasteiger partial charge in [0.25, 0.3) is 0 Å². The molecule has 1 nitrogen and oxygen atoms in total. The molecule has 0 spiro atoms. The maximum atomic E-state index is 6.05. The molecule has 0 amide bonds. The van der Waals surface area contributed by atoms with Crippen molar-refractivity contribution in [2.45, 2.75) is 39.1 Å². The minimum Gasteiger partial charge on any atom is -0.369 e. The Hall–Kier alpha value is -0.400. The van der Waals surface area contributed by atoms with E-state index >= 15 is 0 Å². The highest BCUT2D eigenvalue weighted by Gasteiger charge is 2.13. The summed E-state index contributed by atoms with van der Waals surface area (Å²) in [6, 6.07) is 6.37. The molecule has 0 bridgehead atoms. The van der Waals surface area contributed by atoms with E-state index in [1.165, 1.54) is 5.69 Å². The average Bonchev–Trinajstić information content (AvgIpc) is 2.25. The van der Waals surface area contributed by atoms with Gasteiger partial charge in [-0.25, -0.2) is 0 Å². The summed E-state index contributed by atoms with van der Waals surface area (Å²) in [4.78, 5) is 2.35. The highest BCUT2D eigenvalue weighted by Crippen LogP contribution is 2.28. The van der Waals surface area contributed by atoms with Crippen molar-refractivity contribution in [1.29, 1.82) is 0 Å². The SMILES string of the molecule is CCCN(c1cc(Cl)ccc1CCl)C(C)C. The molecule has 1 aromatic rings. The third kappa shape index (κ3) is 3.29. The standard InChI is InChI=1S/C13H19Cl2N/c1-4-7-16(10(2)3)13-8-12(15)6-5-11(13)9-14/h5-6,8,10H,4,7,9H2,1-3H3. The molecule has 0 saturated heterocycles. The molecule has 0 unspecified atom stereocenters. The molecule has 3 heteroatoms. The number of halogens is 2. The summed E-state index contributed by atoms with van der Waals surface area (Å²) in [6.07, 6.45) is 1.12. The van der Waals surface area contributed by atoms with Crippen LogP contribution in [0, 0.1) is 0 Å². The second-order valence-electron chi connectivity index (χ2n) is 4.19. The Morgan fingerprint density at radius 1 is 1.31 bits per heavy atom. The lowest BCUT2D eigenvalue weighted by molar-refractivity contribution is 0.669. The molecule has 1 aromatic carbocycles. The van der Waals surface area contributed by atoms with Gasteiger partial charge in [-0.2, -0.15) is 0 Å². The summed E-state index contributed by atoms with van der Waals surface area (Å²) in [5.74, 6) is 0.527. The van der Waals surface area contributed by atoms with E-state index in [0.717, 1.165) is 23.6 Å². The normalized spacial score (nSPS) is 10.9. The summed E-state index contributed by atoms with van der Waals surface area (Å²) in [7, 11) is 0. The van der Waals surface area contributed by atoms with Crippen molar-refractivity contribution in [2.75, 3.05) is 11.4 Å². The van der Waals surface area contributed by atoms with Crippen molar-refractivity contribution in [3.63, 3.8) is 0 Å². The van der Waals surface area contributed by atoms with Crippen molar-refractivity contribution >= 4 is 28.9 Å². The number of rotatable bonds is 5. The van der Waals surface area contributed by atoms with Crippen molar-refractivity contribution in [3.05, 3.63) is 28.8 Å². The third-order valence-corrected chi connectivity index (χ3v) is 3.11. The van der Waals surface area contributed by atoms with Crippen LogP contribution in [0.5, 0.6) is 0 Å². The first kappa shape index (κ1) is 13.7. The molecule has 16 heavy (non-hydrogen) atoms. The summed E-state index contributed by atoms with van der Waals surface area (Å²) < 4.78 is 0. The van der Waals surface area contributed by atoms with Gasteiger partial charge < -0.3 is 4.90 Å². The van der Waals surface area contributed by atoms with Gasteiger partial charge in [0.05, 0.1) is 0 Å². The fourth-order valence-corrected chi connectivity index (χ4v) is 2.21. The Labute approximate surface area is 108 Å². The zero-order chi connectivity index (χ0) is 12.1. The lowest BCUT2D eigenvalue weighted by Gasteiger charge is -2.30.